The van der Waals surface area contributed by atoms with Crippen molar-refractivity contribution in [2.24, 2.45) is 0 Å². The van der Waals surface area contributed by atoms with Crippen molar-refractivity contribution in [2.45, 2.75) is 20.3 Å². The normalized spacial score (nSPS) is 11.0. The molecule has 0 bridgehead atoms. The fourth-order valence-corrected chi connectivity index (χ4v) is 6.15. The number of carbonyl (C=O) groups is 2. The van der Waals surface area contributed by atoms with Crippen LogP contribution >= 0.6 is 11.3 Å². The lowest BCUT2D eigenvalue weighted by molar-refractivity contribution is -0.114. The monoisotopic (exact) mass is 581 g/mol. The Labute approximate surface area is 254 Å². The van der Waals surface area contributed by atoms with E-state index in [1.807, 2.05) is 97.1 Å². The Hall–Kier alpha value is -5.50. The SMILES string of the molecule is CCOC(=O)c1sc(CC(=O)/C(C#N)=C/c2cc(-c3ccccc3)n(-c3ccccc3)c2-c2ccccc2)c(C#N)c1C. The summed E-state index contributed by atoms with van der Waals surface area (Å²) in [5, 5.41) is 20.0. The van der Waals surface area contributed by atoms with Gasteiger partial charge in [-0.2, -0.15) is 10.5 Å². The number of nitrogens with zero attached hydrogens (tertiary/aromatic N) is 3. The molecule has 7 heteroatoms. The summed E-state index contributed by atoms with van der Waals surface area (Å²) in [4.78, 5) is 26.8. The minimum Gasteiger partial charge on any atom is -0.462 e. The molecule has 2 aromatic heterocycles. The van der Waals surface area contributed by atoms with Crippen LogP contribution in [0.2, 0.25) is 0 Å². The number of ether oxygens (including phenoxy) is 1. The van der Waals surface area contributed by atoms with Gasteiger partial charge in [-0.15, -0.1) is 11.3 Å². The number of ketones is 1. The largest absolute Gasteiger partial charge is 0.462 e. The van der Waals surface area contributed by atoms with Gasteiger partial charge in [0.1, 0.15) is 17.0 Å². The average molecular weight is 582 g/mol. The highest BCUT2D eigenvalue weighted by molar-refractivity contribution is 7.14. The van der Waals surface area contributed by atoms with Gasteiger partial charge in [-0.3, -0.25) is 4.79 Å². The molecular formula is C36H27N3O3S. The molecule has 0 N–H and O–H groups in total. The van der Waals surface area contributed by atoms with Gasteiger partial charge < -0.3 is 9.30 Å². The summed E-state index contributed by atoms with van der Waals surface area (Å²) in [6, 6.07) is 35.9. The molecule has 6 nitrogen and oxygen atoms in total. The number of para-hydroxylation sites is 1. The van der Waals surface area contributed by atoms with Crippen LogP contribution in [0.15, 0.2) is 103 Å². The number of carbonyl (C=O) groups excluding carboxylic acids is 2. The minimum atomic E-state index is -0.528. The van der Waals surface area contributed by atoms with Gasteiger partial charge in [0.25, 0.3) is 0 Å². The summed E-state index contributed by atoms with van der Waals surface area (Å²) in [7, 11) is 0. The predicted octanol–water partition coefficient (Wildman–Crippen LogP) is 7.95. The quantitative estimate of drug-likeness (QED) is 0.1000. The van der Waals surface area contributed by atoms with E-state index >= 15 is 0 Å². The van der Waals surface area contributed by atoms with Crippen molar-refractivity contribution in [2.75, 3.05) is 6.61 Å². The van der Waals surface area contributed by atoms with E-state index in [1.54, 1.807) is 19.9 Å². The summed E-state index contributed by atoms with van der Waals surface area (Å²) in [5.74, 6) is -0.970. The van der Waals surface area contributed by atoms with Crippen LogP contribution in [0, 0.1) is 29.6 Å². The zero-order valence-corrected chi connectivity index (χ0v) is 24.5. The van der Waals surface area contributed by atoms with Gasteiger partial charge in [0.15, 0.2) is 5.78 Å². The second kappa shape index (κ2) is 13.0. The standard InChI is InChI=1S/C36H27N3O3S/c1-3-42-36(41)35-24(2)30(23-38)33(43-35)21-32(40)28(22-37)19-27-20-31(25-13-7-4-8-14-25)39(29-17-11-6-12-18-29)34(27)26-15-9-5-10-16-26/h4-20H,3,21H2,1-2H3/b28-19+. The van der Waals surface area contributed by atoms with Crippen LogP contribution in [0.1, 0.15) is 38.2 Å². The Morgan fingerprint density at radius 1 is 0.907 bits per heavy atom. The maximum Gasteiger partial charge on any atom is 0.348 e. The predicted molar refractivity (Wildman–Crippen MR) is 169 cm³/mol. The molecular weight excluding hydrogens is 554 g/mol. The first-order valence-corrected chi connectivity index (χ1v) is 14.5. The number of Topliss-reactive ketones (excluding diaryl/α,β-unsaturated/α-hetero) is 1. The van der Waals surface area contributed by atoms with Crippen molar-refractivity contribution < 1.29 is 14.3 Å². The summed E-state index contributed by atoms with van der Waals surface area (Å²) < 4.78 is 7.26. The molecule has 3 aromatic carbocycles. The molecule has 0 spiro atoms. The Morgan fingerprint density at radius 3 is 2.09 bits per heavy atom. The third-order valence-corrected chi connectivity index (χ3v) is 8.27. The molecule has 0 saturated heterocycles. The van der Waals surface area contributed by atoms with Crippen molar-refractivity contribution in [3.8, 4) is 40.3 Å². The molecule has 5 rings (SSSR count). The smallest absolute Gasteiger partial charge is 0.348 e. The van der Waals surface area contributed by atoms with E-state index in [-0.39, 0.29) is 24.2 Å². The zero-order chi connectivity index (χ0) is 30.3. The van der Waals surface area contributed by atoms with Crippen LogP contribution < -0.4 is 0 Å². The topological polar surface area (TPSA) is 95.9 Å². The third kappa shape index (κ3) is 5.94. The first-order valence-electron chi connectivity index (χ1n) is 13.7. The molecule has 0 saturated carbocycles. The maximum absolute atomic E-state index is 13.6. The van der Waals surface area contributed by atoms with Gasteiger partial charge in [0, 0.05) is 22.5 Å². The van der Waals surface area contributed by atoms with Gasteiger partial charge >= 0.3 is 5.97 Å². The average Bonchev–Trinajstić information content (AvgIpc) is 3.58. The lowest BCUT2D eigenvalue weighted by Crippen LogP contribution is -2.05. The molecule has 0 atom stereocenters. The van der Waals surface area contributed by atoms with Crippen molar-refractivity contribution in [3.63, 3.8) is 0 Å². The molecule has 0 radical (unpaired) electrons. The molecule has 0 amide bonds. The molecule has 210 valence electrons. The Morgan fingerprint density at radius 2 is 1.51 bits per heavy atom. The van der Waals surface area contributed by atoms with E-state index in [2.05, 4.69) is 16.7 Å². The van der Waals surface area contributed by atoms with Crippen LogP contribution in [-0.4, -0.2) is 22.9 Å². The Bertz CT molecular complexity index is 1910. The highest BCUT2D eigenvalue weighted by Crippen LogP contribution is 2.37. The summed E-state index contributed by atoms with van der Waals surface area (Å²) in [6.45, 7) is 3.57. The molecule has 0 fully saturated rings. The second-order valence-corrected chi connectivity index (χ2v) is 10.8. The van der Waals surface area contributed by atoms with Crippen molar-refractivity contribution in [1.29, 1.82) is 10.5 Å². The first-order chi connectivity index (χ1) is 21.0. The van der Waals surface area contributed by atoms with E-state index in [1.165, 1.54) is 0 Å². The lowest BCUT2D eigenvalue weighted by atomic mass is 10.0. The van der Waals surface area contributed by atoms with Crippen LogP contribution in [0.3, 0.4) is 0 Å². The molecule has 43 heavy (non-hydrogen) atoms. The number of esters is 1. The van der Waals surface area contributed by atoms with E-state index in [4.69, 9.17) is 4.74 Å². The van der Waals surface area contributed by atoms with Crippen LogP contribution in [-0.2, 0) is 16.0 Å². The molecule has 0 aliphatic heterocycles. The highest BCUT2D eigenvalue weighted by Gasteiger charge is 2.25. The summed E-state index contributed by atoms with van der Waals surface area (Å²) in [6.07, 6.45) is 1.44. The number of hydrogen-bond donors (Lipinski definition) is 0. The number of rotatable bonds is 9. The van der Waals surface area contributed by atoms with Crippen molar-refractivity contribution in [3.05, 3.63) is 129 Å². The van der Waals surface area contributed by atoms with Crippen LogP contribution in [0.4, 0.5) is 0 Å². The number of thiophene rings is 1. The number of nitriles is 2. The van der Waals surface area contributed by atoms with E-state index in [0.29, 0.717) is 20.9 Å². The van der Waals surface area contributed by atoms with E-state index in [0.717, 1.165) is 39.5 Å². The van der Waals surface area contributed by atoms with Gasteiger partial charge in [-0.1, -0.05) is 78.9 Å². The van der Waals surface area contributed by atoms with Crippen LogP contribution in [0.5, 0.6) is 0 Å². The Kier molecular flexibility index (Phi) is 8.77. The first kappa shape index (κ1) is 29.0. The molecule has 0 aliphatic carbocycles. The molecule has 5 aromatic rings. The summed E-state index contributed by atoms with van der Waals surface area (Å²) in [5.41, 5.74) is 5.98. The highest BCUT2D eigenvalue weighted by atomic mass is 32.1. The van der Waals surface area contributed by atoms with Crippen molar-refractivity contribution >= 4 is 29.2 Å². The van der Waals surface area contributed by atoms with E-state index < -0.39 is 11.8 Å². The maximum atomic E-state index is 13.6. The van der Waals surface area contributed by atoms with Gasteiger partial charge in [0.2, 0.25) is 0 Å². The second-order valence-electron chi connectivity index (χ2n) is 9.69. The molecule has 0 aliphatic rings. The molecule has 0 unspecified atom stereocenters. The van der Waals surface area contributed by atoms with Gasteiger partial charge in [-0.05, 0) is 54.8 Å². The number of allylic oxidation sites excluding steroid dienone is 1. The number of aromatic nitrogens is 1. The zero-order valence-electron chi connectivity index (χ0n) is 23.7. The lowest BCUT2D eigenvalue weighted by Gasteiger charge is -2.15. The van der Waals surface area contributed by atoms with Crippen LogP contribution in [0.25, 0.3) is 34.3 Å². The Balaban J connectivity index is 1.65. The van der Waals surface area contributed by atoms with Gasteiger partial charge in [-0.25, -0.2) is 4.79 Å². The minimum absolute atomic E-state index is 0.0466. The number of hydrogen-bond acceptors (Lipinski definition) is 6. The number of benzene rings is 3. The van der Waals surface area contributed by atoms with Gasteiger partial charge in [0.05, 0.1) is 29.1 Å². The van der Waals surface area contributed by atoms with Crippen molar-refractivity contribution in [1.82, 2.24) is 4.57 Å². The fourth-order valence-electron chi connectivity index (χ4n) is 5.01. The summed E-state index contributed by atoms with van der Waals surface area (Å²) >= 11 is 1.06. The molecule has 2 heterocycles. The third-order valence-electron chi connectivity index (χ3n) is 7.00. The van der Waals surface area contributed by atoms with E-state index in [9.17, 15) is 20.1 Å². The fraction of sp³-hybridized carbons (Fsp3) is 0.111.